The smallest absolute Gasteiger partial charge is 0.151 e. The maximum absolute atomic E-state index is 5.82. The molecule has 3 aromatic heterocycles. The maximum Gasteiger partial charge on any atom is 0.151 e. The fraction of sp³-hybridized carbons (Fsp3) is 0.368. The molecule has 5 nitrogen and oxygen atoms in total. The number of hydrogen-bond donors (Lipinski definition) is 0. The molecule has 0 radical (unpaired) electrons. The van der Waals surface area contributed by atoms with Gasteiger partial charge in [0.15, 0.2) is 5.76 Å². The summed E-state index contributed by atoms with van der Waals surface area (Å²) in [7, 11) is 0. The normalized spacial score (nSPS) is 17.4. The number of rotatable bonds is 7. The molecule has 0 amide bonds. The Morgan fingerprint density at radius 1 is 1.28 bits per heavy atom. The number of ether oxygens (including phenoxy) is 1. The average Bonchev–Trinajstić information content (AvgIpc) is 3.38. The van der Waals surface area contributed by atoms with Crippen molar-refractivity contribution in [2.75, 3.05) is 13.2 Å². The van der Waals surface area contributed by atoms with Crippen molar-refractivity contribution in [1.82, 2.24) is 15.0 Å². The molecule has 1 saturated heterocycles. The number of pyridine rings is 1. The third-order valence-corrected chi connectivity index (χ3v) is 5.10. The zero-order valence-corrected chi connectivity index (χ0v) is 14.8. The molecular weight excluding hydrogens is 334 g/mol. The molecule has 0 aromatic carbocycles. The van der Waals surface area contributed by atoms with Gasteiger partial charge in [-0.15, -0.1) is 0 Å². The van der Waals surface area contributed by atoms with E-state index in [2.05, 4.69) is 31.9 Å². The van der Waals surface area contributed by atoms with E-state index >= 15 is 0 Å². The largest absolute Gasteiger partial charge is 0.377 e. The van der Waals surface area contributed by atoms with Crippen LogP contribution < -0.4 is 0 Å². The second-order valence-electron chi connectivity index (χ2n) is 6.36. The van der Waals surface area contributed by atoms with E-state index in [1.807, 2.05) is 18.2 Å². The van der Waals surface area contributed by atoms with E-state index in [1.54, 1.807) is 23.7 Å². The van der Waals surface area contributed by atoms with Crippen molar-refractivity contribution in [3.63, 3.8) is 0 Å². The number of hydrogen-bond acceptors (Lipinski definition) is 6. The van der Waals surface area contributed by atoms with Gasteiger partial charge in [-0.2, -0.15) is 11.3 Å². The Labute approximate surface area is 151 Å². The van der Waals surface area contributed by atoms with Crippen LogP contribution in [0.15, 0.2) is 51.9 Å². The fourth-order valence-corrected chi connectivity index (χ4v) is 3.82. The minimum atomic E-state index is 0.319. The van der Waals surface area contributed by atoms with Crippen LogP contribution in [0.5, 0.6) is 0 Å². The Hall–Kier alpha value is -2.02. The van der Waals surface area contributed by atoms with Crippen LogP contribution in [0, 0.1) is 0 Å². The van der Waals surface area contributed by atoms with Crippen molar-refractivity contribution in [2.45, 2.75) is 32.0 Å². The molecule has 0 aliphatic carbocycles. The predicted molar refractivity (Wildman–Crippen MR) is 97.1 cm³/mol. The van der Waals surface area contributed by atoms with Gasteiger partial charge in [0.25, 0.3) is 0 Å². The molecule has 0 N–H and O–H groups in total. The van der Waals surface area contributed by atoms with Crippen molar-refractivity contribution in [2.24, 2.45) is 0 Å². The molecule has 25 heavy (non-hydrogen) atoms. The Morgan fingerprint density at radius 3 is 3.04 bits per heavy atom. The average molecular weight is 355 g/mol. The SMILES string of the molecule is c1cncc(-c2cc(CN(Cc3ccsc3)C[C@H]3CCCO3)on2)c1. The highest BCUT2D eigenvalue weighted by atomic mass is 32.1. The van der Waals surface area contributed by atoms with Crippen molar-refractivity contribution in [3.05, 3.63) is 58.7 Å². The van der Waals surface area contributed by atoms with Crippen LogP contribution in [0.3, 0.4) is 0 Å². The predicted octanol–water partition coefficient (Wildman–Crippen LogP) is 3.98. The quantitative estimate of drug-likeness (QED) is 0.642. The van der Waals surface area contributed by atoms with E-state index < -0.39 is 0 Å². The molecule has 3 aromatic rings. The van der Waals surface area contributed by atoms with E-state index in [9.17, 15) is 0 Å². The van der Waals surface area contributed by atoms with Gasteiger partial charge < -0.3 is 9.26 Å². The number of thiophene rings is 1. The van der Waals surface area contributed by atoms with Crippen molar-refractivity contribution in [1.29, 1.82) is 0 Å². The number of nitrogens with zero attached hydrogens (tertiary/aromatic N) is 3. The topological polar surface area (TPSA) is 51.4 Å². The van der Waals surface area contributed by atoms with Gasteiger partial charge in [0.2, 0.25) is 0 Å². The van der Waals surface area contributed by atoms with Crippen LogP contribution in [0.1, 0.15) is 24.2 Å². The first kappa shape index (κ1) is 16.4. The van der Waals surface area contributed by atoms with Crippen LogP contribution in [0.2, 0.25) is 0 Å². The third kappa shape index (κ3) is 4.34. The minimum absolute atomic E-state index is 0.319. The molecule has 4 rings (SSSR count). The minimum Gasteiger partial charge on any atom is -0.377 e. The lowest BCUT2D eigenvalue weighted by Gasteiger charge is -2.23. The molecule has 1 atom stereocenters. The summed E-state index contributed by atoms with van der Waals surface area (Å²) in [6.45, 7) is 3.42. The molecular formula is C19H21N3O2S. The van der Waals surface area contributed by atoms with Crippen LogP contribution in [-0.4, -0.2) is 34.3 Å². The molecule has 130 valence electrons. The van der Waals surface area contributed by atoms with Crippen molar-refractivity contribution >= 4 is 11.3 Å². The summed E-state index contributed by atoms with van der Waals surface area (Å²) >= 11 is 1.73. The lowest BCUT2D eigenvalue weighted by atomic mass is 10.2. The second kappa shape index (κ2) is 7.91. The molecule has 0 unspecified atom stereocenters. The molecule has 0 bridgehead atoms. The maximum atomic E-state index is 5.82. The van der Waals surface area contributed by atoms with Gasteiger partial charge in [-0.25, -0.2) is 0 Å². The Kier molecular flexibility index (Phi) is 5.20. The van der Waals surface area contributed by atoms with E-state index in [-0.39, 0.29) is 0 Å². The highest BCUT2D eigenvalue weighted by molar-refractivity contribution is 7.07. The first-order valence-electron chi connectivity index (χ1n) is 8.58. The summed E-state index contributed by atoms with van der Waals surface area (Å²) in [4.78, 5) is 6.52. The molecule has 0 saturated carbocycles. The zero-order chi connectivity index (χ0) is 16.9. The van der Waals surface area contributed by atoms with Gasteiger partial charge in [-0.05, 0) is 47.4 Å². The first-order valence-corrected chi connectivity index (χ1v) is 9.52. The lowest BCUT2D eigenvalue weighted by molar-refractivity contribution is 0.0647. The van der Waals surface area contributed by atoms with Crippen molar-refractivity contribution in [3.8, 4) is 11.3 Å². The summed E-state index contributed by atoms with van der Waals surface area (Å²) in [6, 6.07) is 8.08. The summed E-state index contributed by atoms with van der Waals surface area (Å²) in [5.74, 6) is 0.868. The van der Waals surface area contributed by atoms with Crippen LogP contribution in [-0.2, 0) is 17.8 Å². The first-order chi connectivity index (χ1) is 12.4. The summed E-state index contributed by atoms with van der Waals surface area (Å²) in [5.41, 5.74) is 3.13. The van der Waals surface area contributed by atoms with E-state index in [0.717, 1.165) is 56.1 Å². The molecule has 1 aliphatic rings. The highest BCUT2D eigenvalue weighted by Crippen LogP contribution is 2.21. The van der Waals surface area contributed by atoms with Crippen molar-refractivity contribution < 1.29 is 9.26 Å². The molecule has 1 aliphatic heterocycles. The Bertz CT molecular complexity index is 767. The van der Waals surface area contributed by atoms with Gasteiger partial charge in [0.1, 0.15) is 5.69 Å². The van der Waals surface area contributed by atoms with Crippen LogP contribution in [0.25, 0.3) is 11.3 Å². The molecule has 6 heteroatoms. The third-order valence-electron chi connectivity index (χ3n) is 4.37. The lowest BCUT2D eigenvalue weighted by Crippen LogP contribution is -2.31. The fourth-order valence-electron chi connectivity index (χ4n) is 3.16. The van der Waals surface area contributed by atoms with Crippen LogP contribution in [0.4, 0.5) is 0 Å². The molecule has 1 fully saturated rings. The number of aromatic nitrogens is 2. The zero-order valence-electron chi connectivity index (χ0n) is 14.0. The summed E-state index contributed by atoms with van der Waals surface area (Å²) < 4.78 is 11.4. The van der Waals surface area contributed by atoms with E-state index in [1.165, 1.54) is 5.56 Å². The van der Waals surface area contributed by atoms with Gasteiger partial charge in [0.05, 0.1) is 12.6 Å². The standard InChI is InChI=1S/C19H21N3O2S/c1-3-16(10-20-6-1)19-9-18(24-21-19)13-22(11-15-5-8-25-14-15)12-17-4-2-7-23-17/h1,3,5-6,8-10,14,17H,2,4,7,11-13H2/t17-/m1/s1. The second-order valence-corrected chi connectivity index (χ2v) is 7.14. The molecule has 4 heterocycles. The monoisotopic (exact) mass is 355 g/mol. The van der Waals surface area contributed by atoms with Gasteiger partial charge in [-0.1, -0.05) is 5.16 Å². The van der Waals surface area contributed by atoms with Gasteiger partial charge >= 0.3 is 0 Å². The highest BCUT2D eigenvalue weighted by Gasteiger charge is 2.21. The summed E-state index contributed by atoms with van der Waals surface area (Å²) in [6.07, 6.45) is 6.17. The molecule has 0 spiro atoms. The van der Waals surface area contributed by atoms with E-state index in [4.69, 9.17) is 9.26 Å². The Morgan fingerprint density at radius 2 is 2.28 bits per heavy atom. The Balaban J connectivity index is 1.46. The van der Waals surface area contributed by atoms with E-state index in [0.29, 0.717) is 6.10 Å². The van der Waals surface area contributed by atoms with Gasteiger partial charge in [0, 0.05) is 43.7 Å². The van der Waals surface area contributed by atoms with Gasteiger partial charge in [-0.3, -0.25) is 9.88 Å². The summed E-state index contributed by atoms with van der Waals surface area (Å²) in [5, 5.41) is 8.52. The van der Waals surface area contributed by atoms with Crippen LogP contribution >= 0.6 is 11.3 Å².